The van der Waals surface area contributed by atoms with Gasteiger partial charge in [0.15, 0.2) is 11.4 Å². The van der Waals surface area contributed by atoms with Gasteiger partial charge in [0.2, 0.25) is 0 Å². The molecule has 6 heteroatoms. The first-order valence-electron chi connectivity index (χ1n) is 8.71. The number of halogens is 1. The average molecular weight is 353 g/mol. The quantitative estimate of drug-likeness (QED) is 0.702. The van der Waals surface area contributed by atoms with E-state index in [2.05, 4.69) is 14.6 Å². The largest absolute Gasteiger partial charge is 0.298 e. The van der Waals surface area contributed by atoms with Crippen LogP contribution in [0.5, 0.6) is 0 Å². The number of ketones is 1. The number of nitrogens with zero attached hydrogens (tertiary/aromatic N) is 4. The van der Waals surface area contributed by atoms with E-state index in [0.29, 0.717) is 23.1 Å². The van der Waals surface area contributed by atoms with Crippen LogP contribution in [0.4, 0.5) is 0 Å². The number of fused-ring (bicyclic) bond motifs is 2. The minimum absolute atomic E-state index is 0.196. The first-order valence-corrected chi connectivity index (χ1v) is 9.09. The lowest BCUT2D eigenvalue weighted by Crippen LogP contribution is -2.17. The Morgan fingerprint density at radius 3 is 2.88 bits per heavy atom. The number of hydrogen-bond acceptors (Lipinski definition) is 4. The first kappa shape index (κ1) is 15.0. The van der Waals surface area contributed by atoms with Gasteiger partial charge in [-0.1, -0.05) is 30.5 Å². The van der Waals surface area contributed by atoms with Crippen molar-refractivity contribution >= 4 is 28.4 Å². The summed E-state index contributed by atoms with van der Waals surface area (Å²) in [5.41, 5.74) is 3.69. The molecule has 25 heavy (non-hydrogen) atoms. The molecule has 0 bridgehead atoms. The molecule has 1 unspecified atom stereocenters. The zero-order valence-electron chi connectivity index (χ0n) is 13.7. The van der Waals surface area contributed by atoms with Gasteiger partial charge in [-0.25, -0.2) is 9.97 Å². The number of hydrogen-bond donors (Lipinski definition) is 0. The molecule has 0 N–H and O–H groups in total. The average Bonchev–Trinajstić information content (AvgIpc) is 3.30. The molecule has 1 atom stereocenters. The van der Waals surface area contributed by atoms with Gasteiger partial charge in [0.25, 0.3) is 0 Å². The lowest BCUT2D eigenvalue weighted by atomic mass is 9.95. The predicted octanol–water partition coefficient (Wildman–Crippen LogP) is 3.85. The summed E-state index contributed by atoms with van der Waals surface area (Å²) in [7, 11) is 0. The van der Waals surface area contributed by atoms with E-state index in [1.54, 1.807) is 6.20 Å². The van der Waals surface area contributed by atoms with E-state index in [4.69, 9.17) is 16.7 Å². The zero-order chi connectivity index (χ0) is 17.0. The zero-order valence-corrected chi connectivity index (χ0v) is 14.4. The van der Waals surface area contributed by atoms with Crippen LogP contribution in [0, 0.1) is 0 Å². The Kier molecular flexibility index (Phi) is 3.38. The van der Waals surface area contributed by atoms with E-state index in [1.165, 1.54) is 19.2 Å². The molecule has 3 aromatic rings. The Morgan fingerprint density at radius 1 is 1.20 bits per heavy atom. The van der Waals surface area contributed by atoms with E-state index >= 15 is 0 Å². The first-order chi connectivity index (χ1) is 12.2. The number of carbonyl (C=O) groups is 1. The third-order valence-electron chi connectivity index (χ3n) is 5.46. The molecule has 1 aromatic carbocycles. The van der Waals surface area contributed by atoms with Crippen LogP contribution in [0.25, 0.3) is 11.0 Å². The van der Waals surface area contributed by atoms with Gasteiger partial charge in [0.05, 0.1) is 23.0 Å². The Labute approximate surface area is 150 Å². The fourth-order valence-electron chi connectivity index (χ4n) is 4.35. The summed E-state index contributed by atoms with van der Waals surface area (Å²) in [5.74, 6) is -0.106. The van der Waals surface area contributed by atoms with E-state index in [9.17, 15) is 4.79 Å². The molecule has 1 saturated carbocycles. The molecule has 1 fully saturated rings. The van der Waals surface area contributed by atoms with Crippen molar-refractivity contribution in [3.05, 3.63) is 52.6 Å². The fourth-order valence-corrected chi connectivity index (χ4v) is 4.54. The van der Waals surface area contributed by atoms with E-state index in [1.807, 2.05) is 18.2 Å². The molecule has 0 aliphatic heterocycles. The van der Waals surface area contributed by atoms with Crippen molar-refractivity contribution < 1.29 is 4.79 Å². The van der Waals surface area contributed by atoms with E-state index in [-0.39, 0.29) is 11.7 Å². The van der Waals surface area contributed by atoms with Crippen LogP contribution < -0.4 is 0 Å². The molecule has 0 amide bonds. The molecule has 2 aliphatic carbocycles. The molecular weight excluding hydrogens is 336 g/mol. The van der Waals surface area contributed by atoms with Crippen molar-refractivity contribution in [2.24, 2.45) is 0 Å². The maximum atomic E-state index is 12.9. The number of Topliss-reactive ketones (excluding diaryl/α,β-unsaturated/α-hetero) is 1. The van der Waals surface area contributed by atoms with Crippen molar-refractivity contribution in [1.29, 1.82) is 0 Å². The standard InChI is InChI=1S/C19H17ClN4O/c20-12-5-6-14-11(7-12)8-16(25)17(14)18-15-9-21-10-22-19(15)23-24(18)13-3-1-2-4-13/h5-7,9-10,13,17H,1-4,8H2. The lowest BCUT2D eigenvalue weighted by Gasteiger charge is -2.18. The fraction of sp³-hybridized carbons (Fsp3) is 0.368. The highest BCUT2D eigenvalue weighted by Crippen LogP contribution is 2.42. The second kappa shape index (κ2) is 5.63. The van der Waals surface area contributed by atoms with Gasteiger partial charge in [0.1, 0.15) is 6.33 Å². The van der Waals surface area contributed by atoms with Crippen LogP contribution in [0.15, 0.2) is 30.7 Å². The molecule has 2 aliphatic rings. The minimum atomic E-state index is -0.302. The van der Waals surface area contributed by atoms with Crippen molar-refractivity contribution in [3.8, 4) is 0 Å². The Balaban J connectivity index is 1.75. The highest BCUT2D eigenvalue weighted by Gasteiger charge is 2.37. The summed E-state index contributed by atoms with van der Waals surface area (Å²) in [6.45, 7) is 0. The highest BCUT2D eigenvalue weighted by atomic mass is 35.5. The van der Waals surface area contributed by atoms with Crippen LogP contribution >= 0.6 is 11.6 Å². The Bertz CT molecular complexity index is 990. The molecule has 0 radical (unpaired) electrons. The predicted molar refractivity (Wildman–Crippen MR) is 94.8 cm³/mol. The summed E-state index contributed by atoms with van der Waals surface area (Å²) in [6, 6.07) is 6.09. The van der Waals surface area contributed by atoms with Gasteiger partial charge in [-0.3, -0.25) is 9.48 Å². The highest BCUT2D eigenvalue weighted by molar-refractivity contribution is 6.30. The van der Waals surface area contributed by atoms with E-state index < -0.39 is 0 Å². The molecule has 2 aromatic heterocycles. The molecule has 5 rings (SSSR count). The van der Waals surface area contributed by atoms with Crippen LogP contribution in [0.2, 0.25) is 5.02 Å². The molecular formula is C19H17ClN4O. The van der Waals surface area contributed by atoms with Crippen molar-refractivity contribution in [1.82, 2.24) is 19.7 Å². The second-order valence-corrected chi connectivity index (χ2v) is 7.38. The summed E-state index contributed by atoms with van der Waals surface area (Å²) in [6.07, 6.45) is 8.34. The van der Waals surface area contributed by atoms with Crippen LogP contribution in [-0.2, 0) is 11.2 Å². The van der Waals surface area contributed by atoms with Crippen molar-refractivity contribution in [2.75, 3.05) is 0 Å². The Hall–Kier alpha value is -2.27. The third-order valence-corrected chi connectivity index (χ3v) is 5.70. The summed E-state index contributed by atoms with van der Waals surface area (Å²) in [4.78, 5) is 21.4. The van der Waals surface area contributed by atoms with E-state index in [0.717, 1.165) is 35.0 Å². The SMILES string of the molecule is O=C1Cc2cc(Cl)ccc2C1c1c2cncnc2nn1C1CCCC1. The number of aromatic nitrogens is 4. The summed E-state index contributed by atoms with van der Waals surface area (Å²) in [5, 5.41) is 6.31. The number of rotatable bonds is 2. The lowest BCUT2D eigenvalue weighted by molar-refractivity contribution is -0.118. The second-order valence-electron chi connectivity index (χ2n) is 6.95. The smallest absolute Gasteiger partial charge is 0.184 e. The molecule has 5 nitrogen and oxygen atoms in total. The molecule has 2 heterocycles. The van der Waals surface area contributed by atoms with Gasteiger partial charge in [-0.05, 0) is 36.1 Å². The summed E-state index contributed by atoms with van der Waals surface area (Å²) >= 11 is 6.12. The van der Waals surface area contributed by atoms with Gasteiger partial charge in [-0.2, -0.15) is 5.10 Å². The monoisotopic (exact) mass is 352 g/mol. The van der Waals surface area contributed by atoms with Crippen molar-refractivity contribution in [3.63, 3.8) is 0 Å². The third kappa shape index (κ3) is 2.29. The minimum Gasteiger partial charge on any atom is -0.298 e. The number of carbonyl (C=O) groups excluding carboxylic acids is 1. The molecule has 0 spiro atoms. The van der Waals surface area contributed by atoms with Crippen molar-refractivity contribution in [2.45, 2.75) is 44.1 Å². The maximum Gasteiger partial charge on any atom is 0.184 e. The van der Waals surface area contributed by atoms with Crippen LogP contribution in [-0.4, -0.2) is 25.5 Å². The number of benzene rings is 1. The normalized spacial score (nSPS) is 20.5. The maximum absolute atomic E-state index is 12.9. The van der Waals surface area contributed by atoms with Gasteiger partial charge in [-0.15, -0.1) is 0 Å². The van der Waals surface area contributed by atoms with Gasteiger partial charge < -0.3 is 0 Å². The summed E-state index contributed by atoms with van der Waals surface area (Å²) < 4.78 is 2.07. The van der Waals surface area contributed by atoms with Gasteiger partial charge >= 0.3 is 0 Å². The Morgan fingerprint density at radius 2 is 2.04 bits per heavy atom. The van der Waals surface area contributed by atoms with Gasteiger partial charge in [0, 0.05) is 17.6 Å². The van der Waals surface area contributed by atoms with Crippen LogP contribution in [0.1, 0.15) is 54.5 Å². The topological polar surface area (TPSA) is 60.7 Å². The van der Waals surface area contributed by atoms with Crippen LogP contribution in [0.3, 0.4) is 0 Å². The molecule has 0 saturated heterocycles. The molecule has 126 valence electrons.